The molecule has 0 aliphatic rings. The van der Waals surface area contributed by atoms with E-state index in [-0.39, 0.29) is 5.75 Å². The summed E-state index contributed by atoms with van der Waals surface area (Å²) >= 11 is 0. The maximum atomic E-state index is 10.0. The van der Waals surface area contributed by atoms with E-state index in [1.165, 1.54) is 6.20 Å². The fourth-order valence-corrected chi connectivity index (χ4v) is 1.42. The van der Waals surface area contributed by atoms with Gasteiger partial charge in [-0.05, 0) is 24.3 Å². The lowest BCUT2D eigenvalue weighted by atomic mass is 10.1. The Morgan fingerprint density at radius 2 is 2.27 bits per heavy atom. The Labute approximate surface area is 86.2 Å². The molecular weight excluding hydrogens is 192 g/mol. The first-order valence-corrected chi connectivity index (χ1v) is 4.47. The van der Waals surface area contributed by atoms with Gasteiger partial charge in [0.15, 0.2) is 0 Å². The molecule has 0 aliphatic carbocycles. The summed E-state index contributed by atoms with van der Waals surface area (Å²) in [6, 6.07) is 5.37. The van der Waals surface area contributed by atoms with Crippen molar-refractivity contribution in [2.24, 2.45) is 0 Å². The van der Waals surface area contributed by atoms with Crippen LogP contribution >= 0.6 is 0 Å². The van der Waals surface area contributed by atoms with Crippen LogP contribution in [0.2, 0.25) is 0 Å². The normalized spacial score (nSPS) is 10.9. The van der Waals surface area contributed by atoms with Crippen LogP contribution in [0.1, 0.15) is 5.56 Å². The van der Waals surface area contributed by atoms with Gasteiger partial charge < -0.3 is 15.4 Å². The molecule has 4 heteroatoms. The number of hydrogen-bond donors (Lipinski definition) is 3. The molecule has 2 aromatic rings. The number of H-pyrrole nitrogens is 1. The Bertz CT molecular complexity index is 514. The average Bonchev–Trinajstić information content (AvgIpc) is 2.65. The number of rotatable bonds is 3. The minimum Gasteiger partial charge on any atom is -0.507 e. The summed E-state index contributed by atoms with van der Waals surface area (Å²) < 4.78 is 0. The first kappa shape index (κ1) is 9.33. The first-order valence-electron chi connectivity index (χ1n) is 4.47. The molecule has 0 atom stereocenters. The second kappa shape index (κ2) is 3.88. The Hall–Kier alpha value is -2.23. The second-order valence-corrected chi connectivity index (χ2v) is 3.09. The van der Waals surface area contributed by atoms with Crippen LogP contribution in [0.4, 0.5) is 0 Å². The summed E-state index contributed by atoms with van der Waals surface area (Å²) in [4.78, 5) is 13.1. The van der Waals surface area contributed by atoms with Crippen LogP contribution in [0.5, 0.6) is 5.75 Å². The van der Waals surface area contributed by atoms with Crippen LogP contribution in [0.25, 0.3) is 17.0 Å². The Balaban J connectivity index is 2.41. The Kier molecular flexibility index (Phi) is 2.41. The molecule has 1 heterocycles. The molecule has 4 nitrogen and oxygen atoms in total. The number of carbonyl (C=O) groups excluding carboxylic acids is 1. The molecule has 0 fully saturated rings. The number of hydrogen-bond acceptors (Lipinski definition) is 2. The zero-order valence-electron chi connectivity index (χ0n) is 7.90. The number of benzene rings is 1. The van der Waals surface area contributed by atoms with Gasteiger partial charge in [0, 0.05) is 28.9 Å². The van der Waals surface area contributed by atoms with Gasteiger partial charge in [0.2, 0.25) is 6.41 Å². The molecule has 0 saturated carbocycles. The lowest BCUT2D eigenvalue weighted by molar-refractivity contribution is -0.108. The number of carbonyl (C=O) groups is 1. The zero-order valence-corrected chi connectivity index (χ0v) is 7.90. The number of aromatic hydroxyl groups is 1. The second-order valence-electron chi connectivity index (χ2n) is 3.09. The Morgan fingerprint density at radius 3 is 3.07 bits per heavy atom. The van der Waals surface area contributed by atoms with Crippen LogP contribution in [-0.4, -0.2) is 16.5 Å². The van der Waals surface area contributed by atoms with Crippen molar-refractivity contribution in [2.45, 2.75) is 0 Å². The summed E-state index contributed by atoms with van der Waals surface area (Å²) in [6.07, 6.45) is 5.48. The molecule has 1 aromatic heterocycles. The molecule has 0 saturated heterocycles. The fraction of sp³-hybridized carbons (Fsp3) is 0. The van der Waals surface area contributed by atoms with E-state index < -0.39 is 0 Å². The van der Waals surface area contributed by atoms with Gasteiger partial charge in [-0.15, -0.1) is 0 Å². The molecule has 76 valence electrons. The number of fused-ring (bicyclic) bond motifs is 1. The summed E-state index contributed by atoms with van der Waals surface area (Å²) in [5.41, 5.74) is 1.60. The maximum Gasteiger partial charge on any atom is 0.211 e. The molecule has 1 amide bonds. The molecule has 0 radical (unpaired) electrons. The van der Waals surface area contributed by atoms with E-state index in [2.05, 4.69) is 10.3 Å². The van der Waals surface area contributed by atoms with Gasteiger partial charge in [-0.3, -0.25) is 4.79 Å². The topological polar surface area (TPSA) is 65.1 Å². The number of amides is 1. The minimum atomic E-state index is 0.186. The van der Waals surface area contributed by atoms with Crippen molar-refractivity contribution in [2.75, 3.05) is 0 Å². The van der Waals surface area contributed by atoms with Crippen LogP contribution in [0.15, 0.2) is 30.6 Å². The number of nitrogens with one attached hydrogen (secondary N) is 2. The van der Waals surface area contributed by atoms with E-state index >= 15 is 0 Å². The summed E-state index contributed by atoms with van der Waals surface area (Å²) in [5.74, 6) is 0.186. The summed E-state index contributed by atoms with van der Waals surface area (Å²) in [5, 5.41) is 13.0. The van der Waals surface area contributed by atoms with Crippen LogP contribution in [-0.2, 0) is 4.79 Å². The largest absolute Gasteiger partial charge is 0.507 e. The number of aromatic amines is 1. The van der Waals surface area contributed by atoms with Crippen molar-refractivity contribution >= 4 is 23.4 Å². The van der Waals surface area contributed by atoms with E-state index in [9.17, 15) is 9.90 Å². The Morgan fingerprint density at radius 1 is 1.40 bits per heavy atom. The van der Waals surface area contributed by atoms with Crippen molar-refractivity contribution in [3.63, 3.8) is 0 Å². The quantitative estimate of drug-likeness (QED) is 0.662. The lowest BCUT2D eigenvalue weighted by Crippen LogP contribution is -1.97. The third-order valence-corrected chi connectivity index (χ3v) is 2.13. The molecule has 15 heavy (non-hydrogen) atoms. The van der Waals surface area contributed by atoms with Gasteiger partial charge in [0.25, 0.3) is 0 Å². The van der Waals surface area contributed by atoms with Crippen LogP contribution < -0.4 is 5.32 Å². The summed E-state index contributed by atoms with van der Waals surface area (Å²) in [7, 11) is 0. The van der Waals surface area contributed by atoms with Gasteiger partial charge in [-0.1, -0.05) is 0 Å². The maximum absolute atomic E-state index is 10.0. The highest BCUT2D eigenvalue weighted by atomic mass is 16.3. The van der Waals surface area contributed by atoms with Crippen molar-refractivity contribution in [3.8, 4) is 5.75 Å². The van der Waals surface area contributed by atoms with Crippen LogP contribution in [0.3, 0.4) is 0 Å². The summed E-state index contributed by atoms with van der Waals surface area (Å²) in [6.45, 7) is 0. The standard InChI is InChI=1S/C11H10N2O2/c14-7-12-3-1-9-5-10-8(2-4-13-10)6-11(9)15/h1-7,13,15H,(H,12,14). The molecule has 0 spiro atoms. The van der Waals surface area contributed by atoms with E-state index in [0.29, 0.717) is 12.0 Å². The predicted octanol–water partition coefficient (Wildman–Crippen LogP) is 1.59. The van der Waals surface area contributed by atoms with Gasteiger partial charge in [-0.2, -0.15) is 0 Å². The van der Waals surface area contributed by atoms with Crippen molar-refractivity contribution in [1.82, 2.24) is 10.3 Å². The number of phenols is 1. The smallest absolute Gasteiger partial charge is 0.211 e. The monoisotopic (exact) mass is 202 g/mol. The highest BCUT2D eigenvalue weighted by Crippen LogP contribution is 2.24. The first-order chi connectivity index (χ1) is 7.31. The van der Waals surface area contributed by atoms with Gasteiger partial charge >= 0.3 is 0 Å². The molecule has 0 aliphatic heterocycles. The van der Waals surface area contributed by atoms with Gasteiger partial charge in [-0.25, -0.2) is 0 Å². The predicted molar refractivity (Wildman–Crippen MR) is 58.2 cm³/mol. The molecule has 3 N–H and O–H groups in total. The van der Waals surface area contributed by atoms with Crippen molar-refractivity contribution in [3.05, 3.63) is 36.2 Å². The number of phenolic OH excluding ortho intramolecular Hbond substituents is 1. The third kappa shape index (κ3) is 1.83. The van der Waals surface area contributed by atoms with E-state index in [1.807, 2.05) is 12.1 Å². The van der Waals surface area contributed by atoms with E-state index in [0.717, 1.165) is 10.9 Å². The SMILES string of the molecule is O=CNC=Cc1cc2[nH]ccc2cc1O. The molecule has 0 unspecified atom stereocenters. The van der Waals surface area contributed by atoms with Crippen molar-refractivity contribution in [1.29, 1.82) is 0 Å². The van der Waals surface area contributed by atoms with Gasteiger partial charge in [0.1, 0.15) is 5.75 Å². The third-order valence-electron chi connectivity index (χ3n) is 2.13. The molecule has 0 bridgehead atoms. The average molecular weight is 202 g/mol. The van der Waals surface area contributed by atoms with Gasteiger partial charge in [0.05, 0.1) is 0 Å². The van der Waals surface area contributed by atoms with E-state index in [4.69, 9.17) is 0 Å². The molecular formula is C11H10N2O2. The van der Waals surface area contributed by atoms with E-state index in [1.54, 1.807) is 18.3 Å². The molecule has 2 rings (SSSR count). The molecule has 1 aromatic carbocycles. The minimum absolute atomic E-state index is 0.186. The highest BCUT2D eigenvalue weighted by Gasteiger charge is 2.01. The zero-order chi connectivity index (χ0) is 10.7. The highest BCUT2D eigenvalue weighted by molar-refractivity contribution is 5.84. The number of aromatic nitrogens is 1. The van der Waals surface area contributed by atoms with Crippen LogP contribution in [0, 0.1) is 0 Å². The lowest BCUT2D eigenvalue weighted by Gasteiger charge is -1.99. The van der Waals surface area contributed by atoms with Crippen molar-refractivity contribution < 1.29 is 9.90 Å². The fourth-order valence-electron chi connectivity index (χ4n) is 1.42.